The van der Waals surface area contributed by atoms with Crippen LogP contribution in [0.3, 0.4) is 0 Å². The second-order valence-corrected chi connectivity index (χ2v) is 11.7. The van der Waals surface area contributed by atoms with Gasteiger partial charge in [0.05, 0.1) is 16.4 Å². The highest BCUT2D eigenvalue weighted by Crippen LogP contribution is 2.56. The zero-order valence-electron chi connectivity index (χ0n) is 24.2. The molecule has 44 heavy (non-hydrogen) atoms. The van der Waals surface area contributed by atoms with E-state index in [4.69, 9.17) is 0 Å². The van der Waals surface area contributed by atoms with E-state index in [0.29, 0.717) is 0 Å². The molecule has 1 aliphatic rings. The van der Waals surface area contributed by atoms with Crippen LogP contribution >= 0.6 is 0 Å². The van der Waals surface area contributed by atoms with Crippen molar-refractivity contribution in [3.63, 3.8) is 0 Å². The first kappa shape index (κ1) is 24.9. The van der Waals surface area contributed by atoms with Crippen LogP contribution in [0.15, 0.2) is 176 Å². The Morgan fingerprint density at radius 1 is 0.364 bits per heavy atom. The van der Waals surface area contributed by atoms with Crippen molar-refractivity contribution in [3.05, 3.63) is 198 Å². The molecule has 0 saturated carbocycles. The van der Waals surface area contributed by atoms with Crippen molar-refractivity contribution in [2.45, 2.75) is 5.41 Å². The van der Waals surface area contributed by atoms with Gasteiger partial charge in [0.15, 0.2) is 0 Å². The average Bonchev–Trinajstić information content (AvgIpc) is 3.59. The summed E-state index contributed by atoms with van der Waals surface area (Å²) < 4.78 is 2.45. The van der Waals surface area contributed by atoms with Crippen LogP contribution in [0.2, 0.25) is 0 Å². The van der Waals surface area contributed by atoms with E-state index in [1.165, 1.54) is 72.0 Å². The molecule has 8 aromatic rings. The van der Waals surface area contributed by atoms with Crippen LogP contribution in [0, 0.1) is 0 Å². The van der Waals surface area contributed by atoms with Crippen molar-refractivity contribution < 1.29 is 0 Å². The molecule has 0 N–H and O–H groups in total. The Morgan fingerprint density at radius 2 is 0.955 bits per heavy atom. The molecule has 0 bridgehead atoms. The molecule has 7 aromatic carbocycles. The number of nitrogens with zero attached hydrogens (tertiary/aromatic N) is 1. The van der Waals surface area contributed by atoms with E-state index >= 15 is 0 Å². The van der Waals surface area contributed by atoms with Gasteiger partial charge < -0.3 is 4.57 Å². The molecule has 1 aromatic heterocycles. The lowest BCUT2D eigenvalue weighted by Crippen LogP contribution is -2.28. The molecule has 0 spiro atoms. The molecule has 0 radical (unpaired) electrons. The smallest absolute Gasteiger partial charge is 0.0714 e. The van der Waals surface area contributed by atoms with Gasteiger partial charge in [0, 0.05) is 16.5 Å². The summed E-state index contributed by atoms with van der Waals surface area (Å²) in [6.07, 6.45) is 0. The molecule has 0 unspecified atom stereocenters. The van der Waals surface area contributed by atoms with Gasteiger partial charge in [-0.1, -0.05) is 146 Å². The molecule has 0 aliphatic heterocycles. The maximum Gasteiger partial charge on any atom is 0.0714 e. The van der Waals surface area contributed by atoms with Crippen LogP contribution in [0.4, 0.5) is 0 Å². The SMILES string of the molecule is c1ccc(-c2ccc3c(c2)c2ccccc2n3-c2ccc3c(c2)C(c2ccccc2)(c2ccccc2)c2ccccc2-3)cc1. The van der Waals surface area contributed by atoms with Gasteiger partial charge in [-0.15, -0.1) is 0 Å². The number of para-hydroxylation sites is 1. The lowest BCUT2D eigenvalue weighted by Gasteiger charge is -2.34. The summed E-state index contributed by atoms with van der Waals surface area (Å²) in [7, 11) is 0. The molecule has 0 saturated heterocycles. The second kappa shape index (κ2) is 9.69. The fraction of sp³-hybridized carbons (Fsp3) is 0.0233. The highest BCUT2D eigenvalue weighted by molar-refractivity contribution is 6.10. The summed E-state index contributed by atoms with van der Waals surface area (Å²) in [5, 5.41) is 2.53. The molecule has 1 heterocycles. The maximum absolute atomic E-state index is 2.45. The lowest BCUT2D eigenvalue weighted by molar-refractivity contribution is 0.767. The largest absolute Gasteiger partial charge is 0.309 e. The van der Waals surface area contributed by atoms with E-state index in [1.807, 2.05) is 0 Å². The van der Waals surface area contributed by atoms with E-state index in [0.717, 1.165) is 0 Å². The third kappa shape index (κ3) is 3.47. The van der Waals surface area contributed by atoms with Crippen molar-refractivity contribution in [2.75, 3.05) is 0 Å². The summed E-state index contributed by atoms with van der Waals surface area (Å²) in [5.41, 5.74) is 13.5. The maximum atomic E-state index is 2.45. The summed E-state index contributed by atoms with van der Waals surface area (Å²) in [4.78, 5) is 0. The van der Waals surface area contributed by atoms with Gasteiger partial charge >= 0.3 is 0 Å². The fourth-order valence-electron chi connectivity index (χ4n) is 7.63. The lowest BCUT2D eigenvalue weighted by atomic mass is 9.67. The predicted molar refractivity (Wildman–Crippen MR) is 184 cm³/mol. The Morgan fingerprint density at radius 3 is 1.70 bits per heavy atom. The van der Waals surface area contributed by atoms with Crippen molar-refractivity contribution in [2.24, 2.45) is 0 Å². The van der Waals surface area contributed by atoms with Crippen LogP contribution in [-0.4, -0.2) is 4.57 Å². The standard InChI is InChI=1S/C43H29N/c1-4-14-30(15-5-1)31-24-27-42-38(28-31)37-21-11-13-23-41(37)44(42)34-25-26-36-35-20-10-12-22-39(35)43(40(36)29-34,32-16-6-2-7-17-32)33-18-8-3-9-19-33/h1-29H. The zero-order chi connectivity index (χ0) is 29.1. The zero-order valence-corrected chi connectivity index (χ0v) is 24.2. The molecule has 0 fully saturated rings. The molecule has 1 heteroatoms. The van der Waals surface area contributed by atoms with Gasteiger partial charge in [-0.25, -0.2) is 0 Å². The van der Waals surface area contributed by atoms with E-state index in [1.54, 1.807) is 0 Å². The number of rotatable bonds is 4. The number of fused-ring (bicyclic) bond motifs is 6. The number of hydrogen-bond acceptors (Lipinski definition) is 0. The third-order valence-corrected chi connectivity index (χ3v) is 9.48. The Balaban J connectivity index is 1.35. The highest BCUT2D eigenvalue weighted by atomic mass is 15.0. The molecule has 1 nitrogen and oxygen atoms in total. The van der Waals surface area contributed by atoms with Crippen LogP contribution in [0.5, 0.6) is 0 Å². The normalized spacial score (nSPS) is 13.2. The number of hydrogen-bond donors (Lipinski definition) is 0. The van der Waals surface area contributed by atoms with Gasteiger partial charge in [0.25, 0.3) is 0 Å². The van der Waals surface area contributed by atoms with Gasteiger partial charge in [-0.05, 0) is 74.8 Å². The van der Waals surface area contributed by atoms with Gasteiger partial charge in [0.2, 0.25) is 0 Å². The monoisotopic (exact) mass is 559 g/mol. The molecule has 0 amide bonds. The van der Waals surface area contributed by atoms with Crippen LogP contribution in [0.1, 0.15) is 22.3 Å². The van der Waals surface area contributed by atoms with Gasteiger partial charge in [-0.2, -0.15) is 0 Å². The van der Waals surface area contributed by atoms with E-state index in [2.05, 4.69) is 180 Å². The predicted octanol–water partition coefficient (Wildman–Crippen LogP) is 10.8. The third-order valence-electron chi connectivity index (χ3n) is 9.48. The Labute approximate surface area is 257 Å². The molecule has 9 rings (SSSR count). The molecule has 0 atom stereocenters. The Bertz CT molecular complexity index is 2270. The molecule has 1 aliphatic carbocycles. The quantitative estimate of drug-likeness (QED) is 0.202. The highest BCUT2D eigenvalue weighted by Gasteiger charge is 2.46. The van der Waals surface area contributed by atoms with Crippen LogP contribution < -0.4 is 0 Å². The van der Waals surface area contributed by atoms with E-state index < -0.39 is 5.41 Å². The molecular formula is C43H29N. The minimum Gasteiger partial charge on any atom is -0.309 e. The second-order valence-electron chi connectivity index (χ2n) is 11.7. The van der Waals surface area contributed by atoms with Gasteiger partial charge in [0.1, 0.15) is 0 Å². The average molecular weight is 560 g/mol. The number of benzene rings is 7. The van der Waals surface area contributed by atoms with Crippen LogP contribution in [0.25, 0.3) is 49.7 Å². The van der Waals surface area contributed by atoms with Crippen molar-refractivity contribution >= 4 is 21.8 Å². The first-order valence-corrected chi connectivity index (χ1v) is 15.3. The van der Waals surface area contributed by atoms with E-state index in [9.17, 15) is 0 Å². The summed E-state index contributed by atoms with van der Waals surface area (Å²) in [5.74, 6) is 0. The van der Waals surface area contributed by atoms with E-state index in [-0.39, 0.29) is 0 Å². The summed E-state index contributed by atoms with van der Waals surface area (Å²) in [6, 6.07) is 64.5. The van der Waals surface area contributed by atoms with Crippen LogP contribution in [-0.2, 0) is 5.41 Å². The Kier molecular flexibility index (Phi) is 5.48. The minimum absolute atomic E-state index is 0.427. The Hall–Kier alpha value is -5.66. The molecule has 206 valence electrons. The minimum atomic E-state index is -0.427. The van der Waals surface area contributed by atoms with Crippen molar-refractivity contribution in [1.29, 1.82) is 0 Å². The van der Waals surface area contributed by atoms with Crippen molar-refractivity contribution in [3.8, 4) is 27.9 Å². The topological polar surface area (TPSA) is 4.93 Å². The summed E-state index contributed by atoms with van der Waals surface area (Å²) in [6.45, 7) is 0. The molecular weight excluding hydrogens is 530 g/mol. The van der Waals surface area contributed by atoms with Crippen molar-refractivity contribution in [1.82, 2.24) is 4.57 Å². The van der Waals surface area contributed by atoms with Gasteiger partial charge in [-0.3, -0.25) is 0 Å². The number of aromatic nitrogens is 1. The first-order valence-electron chi connectivity index (χ1n) is 15.3. The summed E-state index contributed by atoms with van der Waals surface area (Å²) >= 11 is 0. The first-order chi connectivity index (χ1) is 21.8. The fourth-order valence-corrected chi connectivity index (χ4v) is 7.63.